The first kappa shape index (κ1) is 18.8. The Morgan fingerprint density at radius 3 is 2.28 bits per heavy atom. The van der Waals surface area contributed by atoms with Gasteiger partial charge >= 0.3 is 0 Å². The number of hydrogen-bond acceptors (Lipinski definition) is 3. The Hall–Kier alpha value is -2.49. The lowest BCUT2D eigenvalue weighted by molar-refractivity contribution is -0.118. The number of rotatable bonds is 8. The molecule has 0 atom stereocenters. The van der Waals surface area contributed by atoms with E-state index in [4.69, 9.17) is 4.74 Å². The minimum Gasteiger partial charge on any atom is -0.484 e. The molecule has 2 aromatic rings. The third-order valence-corrected chi connectivity index (χ3v) is 4.31. The van der Waals surface area contributed by atoms with E-state index in [2.05, 4.69) is 37.1 Å². The van der Waals surface area contributed by atoms with Crippen molar-refractivity contribution in [3.05, 3.63) is 53.6 Å². The summed E-state index contributed by atoms with van der Waals surface area (Å²) in [6.45, 7) is 10.3. The molecule has 4 heteroatoms. The number of hydrogen-bond donors (Lipinski definition) is 1. The molecule has 1 amide bonds. The average Bonchev–Trinajstić information content (AvgIpc) is 2.63. The Morgan fingerprint density at radius 2 is 1.72 bits per heavy atom. The molecule has 0 aromatic heterocycles. The largest absolute Gasteiger partial charge is 0.484 e. The third kappa shape index (κ3) is 5.24. The van der Waals surface area contributed by atoms with Gasteiger partial charge in [0.15, 0.2) is 6.61 Å². The SMILES string of the molecule is CCc1ccc(OCC(=O)Nc2ccc(N(CC)CC)cc2C)cc1. The van der Waals surface area contributed by atoms with Gasteiger partial charge in [0.05, 0.1) is 0 Å². The number of carbonyl (C=O) groups is 1. The van der Waals surface area contributed by atoms with Crippen molar-refractivity contribution >= 4 is 17.3 Å². The molecule has 0 spiro atoms. The van der Waals surface area contributed by atoms with Crippen LogP contribution in [0.15, 0.2) is 42.5 Å². The number of carbonyl (C=O) groups excluding carboxylic acids is 1. The van der Waals surface area contributed by atoms with E-state index in [1.165, 1.54) is 11.3 Å². The summed E-state index contributed by atoms with van der Waals surface area (Å²) < 4.78 is 5.56. The van der Waals surface area contributed by atoms with E-state index in [-0.39, 0.29) is 12.5 Å². The minimum absolute atomic E-state index is 0.00269. The molecule has 0 heterocycles. The van der Waals surface area contributed by atoms with Crippen molar-refractivity contribution in [2.75, 3.05) is 29.9 Å². The second-order valence-corrected chi connectivity index (χ2v) is 6.01. The zero-order valence-corrected chi connectivity index (χ0v) is 15.6. The summed E-state index contributed by atoms with van der Waals surface area (Å²) in [6, 6.07) is 13.9. The van der Waals surface area contributed by atoms with Crippen LogP contribution in [0, 0.1) is 6.92 Å². The van der Waals surface area contributed by atoms with Crippen LogP contribution in [-0.4, -0.2) is 25.6 Å². The Labute approximate surface area is 150 Å². The number of nitrogens with zero attached hydrogens (tertiary/aromatic N) is 1. The second kappa shape index (κ2) is 9.11. The van der Waals surface area contributed by atoms with Crippen molar-refractivity contribution < 1.29 is 9.53 Å². The van der Waals surface area contributed by atoms with Crippen LogP contribution in [0.4, 0.5) is 11.4 Å². The van der Waals surface area contributed by atoms with E-state index < -0.39 is 0 Å². The molecule has 0 unspecified atom stereocenters. The van der Waals surface area contributed by atoms with E-state index in [1.54, 1.807) is 0 Å². The molecule has 2 rings (SSSR count). The smallest absolute Gasteiger partial charge is 0.262 e. The van der Waals surface area contributed by atoms with Crippen molar-refractivity contribution in [1.29, 1.82) is 0 Å². The molecule has 0 aliphatic carbocycles. The predicted molar refractivity (Wildman–Crippen MR) is 105 cm³/mol. The van der Waals surface area contributed by atoms with E-state index in [0.717, 1.165) is 30.8 Å². The molecule has 0 radical (unpaired) electrons. The highest BCUT2D eigenvalue weighted by molar-refractivity contribution is 5.92. The molecular formula is C21H28N2O2. The van der Waals surface area contributed by atoms with Crippen LogP contribution in [-0.2, 0) is 11.2 Å². The number of benzene rings is 2. The standard InChI is InChI=1S/C21H28N2O2/c1-5-17-8-11-19(12-9-17)25-15-21(24)22-20-13-10-18(14-16(20)4)23(6-2)7-3/h8-14H,5-7,15H2,1-4H3,(H,22,24). The van der Waals surface area contributed by atoms with Crippen LogP contribution < -0.4 is 15.0 Å². The first-order chi connectivity index (χ1) is 12.1. The monoisotopic (exact) mass is 340 g/mol. The van der Waals surface area contributed by atoms with Crippen LogP contribution in [0.2, 0.25) is 0 Å². The summed E-state index contributed by atoms with van der Waals surface area (Å²) in [6.07, 6.45) is 0.990. The molecule has 4 nitrogen and oxygen atoms in total. The molecule has 0 aliphatic rings. The fourth-order valence-corrected chi connectivity index (χ4v) is 2.73. The Bertz CT molecular complexity index is 692. The van der Waals surface area contributed by atoms with Gasteiger partial charge in [-0.1, -0.05) is 19.1 Å². The lowest BCUT2D eigenvalue weighted by atomic mass is 10.1. The Morgan fingerprint density at radius 1 is 1.04 bits per heavy atom. The van der Waals surface area contributed by atoms with Gasteiger partial charge in [0.1, 0.15) is 5.75 Å². The van der Waals surface area contributed by atoms with Gasteiger partial charge < -0.3 is 15.0 Å². The first-order valence-corrected chi connectivity index (χ1v) is 8.94. The van der Waals surface area contributed by atoms with Crippen LogP contribution in [0.5, 0.6) is 5.75 Å². The quantitative estimate of drug-likeness (QED) is 0.773. The maximum Gasteiger partial charge on any atom is 0.262 e. The van der Waals surface area contributed by atoms with Crippen molar-refractivity contribution in [3.63, 3.8) is 0 Å². The number of nitrogens with one attached hydrogen (secondary N) is 1. The zero-order valence-electron chi connectivity index (χ0n) is 15.6. The number of ether oxygens (including phenoxy) is 1. The van der Waals surface area contributed by atoms with Gasteiger partial charge in [-0.2, -0.15) is 0 Å². The van der Waals surface area contributed by atoms with Gasteiger partial charge in [0.2, 0.25) is 0 Å². The van der Waals surface area contributed by atoms with Crippen LogP contribution in [0.3, 0.4) is 0 Å². The fraction of sp³-hybridized carbons (Fsp3) is 0.381. The number of anilines is 2. The normalized spacial score (nSPS) is 10.4. The summed E-state index contributed by atoms with van der Waals surface area (Å²) >= 11 is 0. The van der Waals surface area contributed by atoms with E-state index in [1.807, 2.05) is 43.3 Å². The molecular weight excluding hydrogens is 312 g/mol. The molecule has 2 aromatic carbocycles. The van der Waals surface area contributed by atoms with Crippen LogP contribution >= 0.6 is 0 Å². The van der Waals surface area contributed by atoms with E-state index in [0.29, 0.717) is 5.75 Å². The number of aryl methyl sites for hydroxylation is 2. The Kier molecular flexibility index (Phi) is 6.87. The summed E-state index contributed by atoms with van der Waals surface area (Å²) in [7, 11) is 0. The second-order valence-electron chi connectivity index (χ2n) is 6.01. The van der Waals surface area contributed by atoms with Crippen molar-refractivity contribution in [2.24, 2.45) is 0 Å². The predicted octanol–water partition coefficient (Wildman–Crippen LogP) is 4.42. The minimum atomic E-state index is -0.154. The van der Waals surface area contributed by atoms with Crippen molar-refractivity contribution in [3.8, 4) is 5.75 Å². The molecule has 0 bridgehead atoms. The highest BCUT2D eigenvalue weighted by Gasteiger charge is 2.08. The highest BCUT2D eigenvalue weighted by atomic mass is 16.5. The third-order valence-electron chi connectivity index (χ3n) is 4.31. The fourth-order valence-electron chi connectivity index (χ4n) is 2.73. The van der Waals surface area contributed by atoms with Crippen molar-refractivity contribution in [1.82, 2.24) is 0 Å². The summed E-state index contributed by atoms with van der Waals surface area (Å²) in [5, 5.41) is 2.92. The zero-order chi connectivity index (χ0) is 18.2. The van der Waals surface area contributed by atoms with Gasteiger partial charge in [-0.05, 0) is 68.7 Å². The topological polar surface area (TPSA) is 41.6 Å². The van der Waals surface area contributed by atoms with Crippen molar-refractivity contribution in [2.45, 2.75) is 34.1 Å². The van der Waals surface area contributed by atoms with Gasteiger partial charge in [0.25, 0.3) is 5.91 Å². The molecule has 0 saturated heterocycles. The molecule has 134 valence electrons. The molecule has 0 aliphatic heterocycles. The Balaban J connectivity index is 1.93. The van der Waals surface area contributed by atoms with Gasteiger partial charge in [-0.3, -0.25) is 4.79 Å². The summed E-state index contributed by atoms with van der Waals surface area (Å²) in [5.41, 5.74) is 4.30. The highest BCUT2D eigenvalue weighted by Crippen LogP contribution is 2.22. The summed E-state index contributed by atoms with van der Waals surface area (Å²) in [5.74, 6) is 0.555. The first-order valence-electron chi connectivity index (χ1n) is 8.94. The lowest BCUT2D eigenvalue weighted by Gasteiger charge is -2.22. The lowest BCUT2D eigenvalue weighted by Crippen LogP contribution is -2.23. The molecule has 1 N–H and O–H groups in total. The van der Waals surface area contributed by atoms with Crippen LogP contribution in [0.25, 0.3) is 0 Å². The molecule has 0 fully saturated rings. The van der Waals surface area contributed by atoms with E-state index >= 15 is 0 Å². The molecule has 0 saturated carbocycles. The maximum atomic E-state index is 12.1. The average molecular weight is 340 g/mol. The van der Waals surface area contributed by atoms with E-state index in [9.17, 15) is 4.79 Å². The number of amides is 1. The summed E-state index contributed by atoms with van der Waals surface area (Å²) in [4.78, 5) is 14.4. The maximum absolute atomic E-state index is 12.1. The van der Waals surface area contributed by atoms with Crippen LogP contribution in [0.1, 0.15) is 31.9 Å². The van der Waals surface area contributed by atoms with Gasteiger partial charge in [-0.25, -0.2) is 0 Å². The van der Waals surface area contributed by atoms with Gasteiger partial charge in [0, 0.05) is 24.5 Å². The molecule has 25 heavy (non-hydrogen) atoms. The van der Waals surface area contributed by atoms with Gasteiger partial charge in [-0.15, -0.1) is 0 Å².